The Hall–Kier alpha value is -2.04. The molecule has 0 bridgehead atoms. The van der Waals surface area contributed by atoms with Gasteiger partial charge in [-0.2, -0.15) is 0 Å². The molecule has 1 aliphatic carbocycles. The van der Waals surface area contributed by atoms with Gasteiger partial charge in [-0.05, 0) is 29.9 Å². The molecule has 1 amide bonds. The normalized spacial score (nSPS) is 16.2. The summed E-state index contributed by atoms with van der Waals surface area (Å²) in [5, 5.41) is 19.7. The van der Waals surface area contributed by atoms with Gasteiger partial charge < -0.3 is 15.5 Å². The van der Waals surface area contributed by atoms with E-state index in [0.29, 0.717) is 12.8 Å². The van der Waals surface area contributed by atoms with E-state index in [1.54, 1.807) is 0 Å². The Bertz CT molecular complexity index is 433. The molecule has 1 aromatic carbocycles. The number of carbonyl (C=O) groups is 2. The van der Waals surface area contributed by atoms with Crippen LogP contribution in [0.5, 0.6) is 0 Å². The van der Waals surface area contributed by atoms with E-state index >= 15 is 0 Å². The summed E-state index contributed by atoms with van der Waals surface area (Å²) < 4.78 is 0. The zero-order valence-electron chi connectivity index (χ0n) is 9.09. The summed E-state index contributed by atoms with van der Waals surface area (Å²) in [6.45, 7) is 0. The highest BCUT2D eigenvalue weighted by molar-refractivity contribution is 5.79. The van der Waals surface area contributed by atoms with Crippen LogP contribution in [-0.4, -0.2) is 28.3 Å². The van der Waals surface area contributed by atoms with E-state index in [2.05, 4.69) is 5.32 Å². The summed E-state index contributed by atoms with van der Waals surface area (Å²) in [5.74, 6) is -1.33. The number of benzene rings is 1. The van der Waals surface area contributed by atoms with Gasteiger partial charge in [0, 0.05) is 0 Å². The molecule has 0 saturated carbocycles. The molecule has 1 aliphatic rings. The number of aliphatic carboxylic acids is 1. The topological polar surface area (TPSA) is 86.6 Å². The monoisotopic (exact) mass is 235 g/mol. The van der Waals surface area contributed by atoms with Crippen molar-refractivity contribution in [3.05, 3.63) is 35.4 Å². The molecule has 0 saturated heterocycles. The second-order valence-electron chi connectivity index (χ2n) is 4.20. The Kier molecular flexibility index (Phi) is 2.99. The van der Waals surface area contributed by atoms with Crippen molar-refractivity contribution < 1.29 is 19.8 Å². The lowest BCUT2D eigenvalue weighted by Crippen LogP contribution is -2.45. The summed E-state index contributed by atoms with van der Waals surface area (Å²) in [6.07, 6.45) is -0.0887. The number of rotatable bonds is 3. The molecule has 1 aromatic rings. The van der Waals surface area contributed by atoms with Crippen LogP contribution in [-0.2, 0) is 17.6 Å². The molecule has 0 unspecified atom stereocenters. The molecule has 5 heteroatoms. The average molecular weight is 235 g/mol. The number of hydrogen-bond donors (Lipinski definition) is 3. The largest absolute Gasteiger partial charge is 0.480 e. The fourth-order valence-corrected chi connectivity index (χ4v) is 2.34. The van der Waals surface area contributed by atoms with Gasteiger partial charge in [-0.3, -0.25) is 0 Å². The van der Waals surface area contributed by atoms with Gasteiger partial charge in [0.05, 0.1) is 0 Å². The lowest BCUT2D eigenvalue weighted by molar-refractivity contribution is -0.140. The summed E-state index contributed by atoms with van der Waals surface area (Å²) in [4.78, 5) is 21.6. The highest BCUT2D eigenvalue weighted by atomic mass is 16.4. The van der Waals surface area contributed by atoms with Crippen LogP contribution in [0.3, 0.4) is 0 Å². The molecular weight excluding hydrogens is 222 g/mol. The van der Waals surface area contributed by atoms with Crippen LogP contribution in [0.4, 0.5) is 4.79 Å². The molecule has 5 nitrogen and oxygen atoms in total. The summed E-state index contributed by atoms with van der Waals surface area (Å²) in [5.41, 5.74) is 2.21. The third-order valence-corrected chi connectivity index (χ3v) is 3.10. The lowest BCUT2D eigenvalue weighted by atomic mass is 9.97. The Morgan fingerprint density at radius 3 is 2.12 bits per heavy atom. The van der Waals surface area contributed by atoms with E-state index in [1.165, 1.54) is 0 Å². The fourth-order valence-electron chi connectivity index (χ4n) is 2.34. The zero-order chi connectivity index (χ0) is 12.4. The Morgan fingerprint density at radius 1 is 1.18 bits per heavy atom. The number of nitrogens with one attached hydrogen (secondary N) is 1. The fraction of sp³-hybridized carbons (Fsp3) is 0.333. The Labute approximate surface area is 98.1 Å². The van der Waals surface area contributed by atoms with Crippen LogP contribution >= 0.6 is 0 Å². The maximum absolute atomic E-state index is 11.0. The van der Waals surface area contributed by atoms with Crippen LogP contribution in [0.1, 0.15) is 11.1 Å². The SMILES string of the molecule is O=C(O)N[C@H](C(=O)O)C1Cc2ccccc2C1. The maximum Gasteiger partial charge on any atom is 0.405 e. The summed E-state index contributed by atoms with van der Waals surface area (Å²) >= 11 is 0. The minimum Gasteiger partial charge on any atom is -0.480 e. The van der Waals surface area contributed by atoms with Crippen molar-refractivity contribution in [3.63, 3.8) is 0 Å². The number of carboxylic acids is 1. The van der Waals surface area contributed by atoms with Crippen LogP contribution < -0.4 is 5.32 Å². The van der Waals surface area contributed by atoms with Gasteiger partial charge in [0.15, 0.2) is 0 Å². The zero-order valence-corrected chi connectivity index (χ0v) is 9.09. The quantitative estimate of drug-likeness (QED) is 0.732. The molecule has 0 aromatic heterocycles. The molecule has 1 atom stereocenters. The van der Waals surface area contributed by atoms with Crippen molar-refractivity contribution in [1.82, 2.24) is 5.32 Å². The molecule has 0 radical (unpaired) electrons. The van der Waals surface area contributed by atoms with E-state index in [9.17, 15) is 9.59 Å². The van der Waals surface area contributed by atoms with Gasteiger partial charge >= 0.3 is 12.1 Å². The Morgan fingerprint density at radius 2 is 1.71 bits per heavy atom. The molecular formula is C12H13NO4. The molecule has 0 heterocycles. The van der Waals surface area contributed by atoms with E-state index in [1.807, 2.05) is 24.3 Å². The van der Waals surface area contributed by atoms with Crippen LogP contribution in [0, 0.1) is 5.92 Å². The number of carboxylic acid groups (broad SMARTS) is 2. The molecule has 17 heavy (non-hydrogen) atoms. The second kappa shape index (κ2) is 4.45. The van der Waals surface area contributed by atoms with E-state index in [-0.39, 0.29) is 5.92 Å². The first kappa shape index (κ1) is 11.4. The summed E-state index contributed by atoms with van der Waals surface area (Å²) in [7, 11) is 0. The van der Waals surface area contributed by atoms with Gasteiger partial charge in [-0.15, -0.1) is 0 Å². The van der Waals surface area contributed by atoms with Crippen molar-refractivity contribution in [2.45, 2.75) is 18.9 Å². The van der Waals surface area contributed by atoms with Crippen molar-refractivity contribution in [1.29, 1.82) is 0 Å². The van der Waals surface area contributed by atoms with Crippen molar-refractivity contribution >= 4 is 12.1 Å². The summed E-state index contributed by atoms with van der Waals surface area (Å²) in [6, 6.07) is 6.67. The predicted molar refractivity (Wildman–Crippen MR) is 59.9 cm³/mol. The number of fused-ring (bicyclic) bond motifs is 1. The highest BCUT2D eigenvalue weighted by Gasteiger charge is 2.34. The number of hydrogen-bond acceptors (Lipinski definition) is 2. The van der Waals surface area contributed by atoms with Gasteiger partial charge in [0.25, 0.3) is 0 Å². The maximum atomic E-state index is 11.0. The molecule has 2 rings (SSSR count). The standard InChI is InChI=1S/C12H13NO4/c14-11(15)10(13-12(16)17)9-5-7-3-1-2-4-8(7)6-9/h1-4,9-10,13H,5-6H2,(H,14,15)(H,16,17)/t10-/m0/s1. The van der Waals surface area contributed by atoms with Crippen molar-refractivity contribution in [2.24, 2.45) is 5.92 Å². The smallest absolute Gasteiger partial charge is 0.405 e. The molecule has 0 spiro atoms. The first-order valence-corrected chi connectivity index (χ1v) is 5.37. The van der Waals surface area contributed by atoms with Crippen LogP contribution in [0.25, 0.3) is 0 Å². The van der Waals surface area contributed by atoms with Gasteiger partial charge in [0.2, 0.25) is 0 Å². The van der Waals surface area contributed by atoms with E-state index in [4.69, 9.17) is 10.2 Å². The van der Waals surface area contributed by atoms with Crippen molar-refractivity contribution in [2.75, 3.05) is 0 Å². The molecule has 3 N–H and O–H groups in total. The average Bonchev–Trinajstić information content (AvgIpc) is 2.68. The van der Waals surface area contributed by atoms with E-state index in [0.717, 1.165) is 11.1 Å². The van der Waals surface area contributed by atoms with Gasteiger partial charge in [0.1, 0.15) is 6.04 Å². The second-order valence-corrected chi connectivity index (χ2v) is 4.20. The van der Waals surface area contributed by atoms with Crippen LogP contribution in [0.15, 0.2) is 24.3 Å². The predicted octanol–water partition coefficient (Wildman–Crippen LogP) is 1.12. The van der Waals surface area contributed by atoms with Gasteiger partial charge in [-0.1, -0.05) is 24.3 Å². The lowest BCUT2D eigenvalue weighted by Gasteiger charge is -2.18. The first-order valence-electron chi connectivity index (χ1n) is 5.37. The third-order valence-electron chi connectivity index (χ3n) is 3.10. The van der Waals surface area contributed by atoms with Gasteiger partial charge in [-0.25, -0.2) is 9.59 Å². The molecule has 0 aliphatic heterocycles. The molecule has 0 fully saturated rings. The molecule has 90 valence electrons. The van der Waals surface area contributed by atoms with Crippen molar-refractivity contribution in [3.8, 4) is 0 Å². The Balaban J connectivity index is 2.14. The minimum atomic E-state index is -1.30. The third kappa shape index (κ3) is 2.38. The highest BCUT2D eigenvalue weighted by Crippen LogP contribution is 2.28. The minimum absolute atomic E-state index is 0.207. The van der Waals surface area contributed by atoms with E-state index < -0.39 is 18.1 Å². The van der Waals surface area contributed by atoms with Crippen LogP contribution in [0.2, 0.25) is 0 Å². The first-order chi connectivity index (χ1) is 8.08. The number of amides is 1.